The van der Waals surface area contributed by atoms with Crippen molar-refractivity contribution in [3.8, 4) is 46.0 Å². The molecule has 0 N–H and O–H groups in total. The summed E-state index contributed by atoms with van der Waals surface area (Å²) in [6.07, 6.45) is 0. The lowest BCUT2D eigenvalue weighted by atomic mass is 9.29. The van der Waals surface area contributed by atoms with Crippen molar-refractivity contribution in [3.05, 3.63) is 296 Å². The van der Waals surface area contributed by atoms with Crippen LogP contribution in [0, 0.1) is 0 Å². The average Bonchev–Trinajstić information content (AvgIpc) is 0.719. The van der Waals surface area contributed by atoms with Crippen LogP contribution >= 0.6 is 11.6 Å². The second-order valence-electron chi connectivity index (χ2n) is 23.6. The first-order chi connectivity index (χ1) is 44.5. The number of fused-ring (bicyclic) bond motifs is 12. The van der Waals surface area contributed by atoms with Gasteiger partial charge in [0, 0.05) is 91.6 Å². The van der Waals surface area contributed by atoms with E-state index in [0.717, 1.165) is 146 Å². The molecule has 0 spiro atoms. The zero-order valence-electron chi connectivity index (χ0n) is 48.2. The minimum absolute atomic E-state index is 0.220. The molecule has 0 bridgehead atoms. The van der Waals surface area contributed by atoms with Gasteiger partial charge < -0.3 is 38.5 Å². The summed E-state index contributed by atoms with van der Waals surface area (Å²) in [5, 5.41) is 0.566. The first kappa shape index (κ1) is 50.9. The molecule has 8 nitrogen and oxygen atoms in total. The third-order valence-electron chi connectivity index (χ3n) is 18.6. The maximum Gasteiger partial charge on any atom is 0.260 e. The Kier molecular flexibility index (Phi) is 11.2. The maximum absolute atomic E-state index is 7.39. The molecule has 13 aromatic carbocycles. The molecule has 0 unspecified atom stereocenters. The fourth-order valence-corrected chi connectivity index (χ4v) is 15.2. The molecule has 13 aromatic rings. The highest BCUT2D eigenvalue weighted by Gasteiger charge is 2.49. The fraction of sp³-hybridized carbons (Fsp3) is 0. The van der Waals surface area contributed by atoms with Crippen molar-refractivity contribution in [2.75, 3.05) is 19.6 Å². The van der Waals surface area contributed by atoms with E-state index in [0.29, 0.717) is 22.3 Å². The van der Waals surface area contributed by atoms with E-state index in [-0.39, 0.29) is 20.1 Å². The van der Waals surface area contributed by atoms with Crippen molar-refractivity contribution in [1.29, 1.82) is 0 Å². The van der Waals surface area contributed by atoms with Gasteiger partial charge in [-0.3, -0.25) is 0 Å². The molecule has 0 radical (unpaired) electrons. The number of rotatable bonds is 8. The Morgan fingerprint density at radius 3 is 1.06 bits per heavy atom. The molecule has 0 aliphatic carbocycles. The van der Waals surface area contributed by atoms with E-state index in [1.54, 1.807) is 0 Å². The molecule has 12 heteroatoms. The average molecular weight is 1170 g/mol. The van der Waals surface area contributed by atoms with E-state index in [1.807, 2.05) is 18.2 Å². The van der Waals surface area contributed by atoms with Crippen molar-refractivity contribution in [1.82, 2.24) is 0 Å². The zero-order chi connectivity index (χ0) is 59.1. The smallest absolute Gasteiger partial charge is 0.260 e. The summed E-state index contributed by atoms with van der Waals surface area (Å²) in [5.74, 6) is 6.03. The van der Waals surface area contributed by atoms with Crippen LogP contribution in [0.25, 0.3) is 0 Å². The van der Waals surface area contributed by atoms with Crippen LogP contribution in [0.5, 0.6) is 46.0 Å². The van der Waals surface area contributed by atoms with Crippen molar-refractivity contribution < 1.29 is 18.9 Å². The van der Waals surface area contributed by atoms with Gasteiger partial charge in [-0.25, -0.2) is 0 Å². The highest BCUT2D eigenvalue weighted by atomic mass is 35.5. The fourth-order valence-electron chi connectivity index (χ4n) is 15.0. The molecule has 19 rings (SSSR count). The number of para-hydroxylation sites is 8. The number of anilines is 12. The summed E-state index contributed by atoms with van der Waals surface area (Å²) >= 11 is 7.39. The Bertz CT molecular complexity index is 5010. The molecule has 90 heavy (non-hydrogen) atoms. The summed E-state index contributed by atoms with van der Waals surface area (Å²) in [4.78, 5) is 9.42. The predicted octanol–water partition coefficient (Wildman–Crippen LogP) is 14.8. The summed E-state index contributed by atoms with van der Waals surface area (Å²) in [6.45, 7) is -0.776. The van der Waals surface area contributed by atoms with Gasteiger partial charge in [-0.15, -0.1) is 0 Å². The van der Waals surface area contributed by atoms with Crippen molar-refractivity contribution in [2.45, 2.75) is 0 Å². The number of nitrogens with zero attached hydrogens (tertiary/aromatic N) is 4. The highest BCUT2D eigenvalue weighted by molar-refractivity contribution is 7.03. The molecular formula is C78H48B3ClN4O4. The third kappa shape index (κ3) is 7.72. The highest BCUT2D eigenvalue weighted by Crippen LogP contribution is 2.50. The normalized spacial score (nSPS) is 13.4. The van der Waals surface area contributed by atoms with Crippen LogP contribution in [0.15, 0.2) is 291 Å². The molecule has 0 fully saturated rings. The standard InChI is InChI=1S/C78H48B3ClN4O4/c82-49-39-66-76-72(40-49)89-71-48-70-62(80-59-36-20-22-38-69(59)88-74-43-57(44-75(90-70)78(74)80)84(52-27-11-3-12-28-52)53-29-13-4-14-30-53)46-63(71)81(76)61-45-60-64(47-65(61)85(66)54-31-15-5-16-32-54)86(55-33-17-6-18-34-55)67-41-56(42-73-77(67)79(60)58-35-19-21-37-68(58)87-73)83(50-23-7-1-8-24-50)51-25-9-2-10-26-51/h1-48H. The Labute approximate surface area is 526 Å². The van der Waals surface area contributed by atoms with Gasteiger partial charge in [-0.1, -0.05) is 169 Å². The number of ether oxygens (including phenoxy) is 4. The van der Waals surface area contributed by atoms with E-state index in [1.165, 1.54) is 0 Å². The van der Waals surface area contributed by atoms with Crippen molar-refractivity contribution in [2.24, 2.45) is 0 Å². The van der Waals surface area contributed by atoms with Gasteiger partial charge in [-0.2, -0.15) is 0 Å². The van der Waals surface area contributed by atoms with Crippen LogP contribution in [0.1, 0.15) is 0 Å². The molecule has 0 aromatic heterocycles. The van der Waals surface area contributed by atoms with E-state index >= 15 is 0 Å². The van der Waals surface area contributed by atoms with Gasteiger partial charge in [0.1, 0.15) is 46.0 Å². The monoisotopic (exact) mass is 1170 g/mol. The summed E-state index contributed by atoms with van der Waals surface area (Å²) in [7, 11) is 0. The lowest BCUT2D eigenvalue weighted by Gasteiger charge is -2.44. The minimum atomic E-state index is -0.320. The summed E-state index contributed by atoms with van der Waals surface area (Å²) in [6, 6.07) is 103. The third-order valence-corrected chi connectivity index (χ3v) is 18.8. The molecule has 0 atom stereocenters. The molecule has 0 saturated heterocycles. The van der Waals surface area contributed by atoms with Gasteiger partial charge in [0.05, 0.1) is 11.4 Å². The SMILES string of the molecule is Clc1cc2c3c(c1)N(c1ccccc1)c1cc4c(cc1B3c1cc3c(cc1O2)Oc1cc(N(c2ccccc2)c2ccccc2)cc2c1B3c1ccccc1O2)B1c2ccccc2Oc2cc(N(c3ccccc3)c3ccccc3)cc(c21)N4c1ccccc1. The molecule has 6 aliphatic heterocycles. The van der Waals surface area contributed by atoms with Gasteiger partial charge in [0.25, 0.3) is 20.1 Å². The Balaban J connectivity index is 0.850. The van der Waals surface area contributed by atoms with E-state index in [4.69, 9.17) is 30.5 Å². The lowest BCUT2D eigenvalue weighted by Crippen LogP contribution is -2.64. The second-order valence-corrected chi connectivity index (χ2v) is 24.0. The number of halogens is 1. The van der Waals surface area contributed by atoms with E-state index in [2.05, 4.69) is 293 Å². The quantitative estimate of drug-likeness (QED) is 0.140. The van der Waals surface area contributed by atoms with Crippen molar-refractivity contribution in [3.63, 3.8) is 0 Å². The van der Waals surface area contributed by atoms with Crippen molar-refractivity contribution >= 4 is 149 Å². The largest absolute Gasteiger partial charge is 0.458 e. The van der Waals surface area contributed by atoms with E-state index in [9.17, 15) is 0 Å². The van der Waals surface area contributed by atoms with Crippen LogP contribution in [-0.2, 0) is 0 Å². The predicted molar refractivity (Wildman–Crippen MR) is 370 cm³/mol. The van der Waals surface area contributed by atoms with Crippen LogP contribution in [-0.4, -0.2) is 20.1 Å². The number of hydrogen-bond donors (Lipinski definition) is 0. The van der Waals surface area contributed by atoms with Gasteiger partial charge in [0.2, 0.25) is 0 Å². The Hall–Kier alpha value is -11.3. The summed E-state index contributed by atoms with van der Waals surface area (Å²) in [5.41, 5.74) is 21.7. The van der Waals surface area contributed by atoms with Gasteiger partial charge in [-0.05, 0) is 153 Å². The first-order valence-corrected chi connectivity index (χ1v) is 30.9. The Morgan fingerprint density at radius 1 is 0.244 bits per heavy atom. The van der Waals surface area contributed by atoms with Crippen LogP contribution in [0.2, 0.25) is 5.02 Å². The van der Waals surface area contributed by atoms with Crippen LogP contribution < -0.4 is 87.7 Å². The van der Waals surface area contributed by atoms with Crippen LogP contribution in [0.4, 0.5) is 68.2 Å². The Morgan fingerprint density at radius 2 is 0.589 bits per heavy atom. The van der Waals surface area contributed by atoms with E-state index < -0.39 is 0 Å². The molecule has 420 valence electrons. The zero-order valence-corrected chi connectivity index (χ0v) is 49.0. The molecule has 0 saturated carbocycles. The molecule has 6 heterocycles. The van der Waals surface area contributed by atoms with Gasteiger partial charge in [0.15, 0.2) is 0 Å². The summed E-state index contributed by atoms with van der Waals surface area (Å²) < 4.78 is 28.8. The lowest BCUT2D eigenvalue weighted by molar-refractivity contribution is 0.456. The number of benzene rings is 13. The first-order valence-electron chi connectivity index (χ1n) is 30.5. The molecular weight excluding hydrogens is 1120 g/mol. The number of hydrogen-bond acceptors (Lipinski definition) is 8. The maximum atomic E-state index is 7.39. The second kappa shape index (κ2) is 19.9. The molecule has 6 aliphatic rings. The van der Waals surface area contributed by atoms with Gasteiger partial charge >= 0.3 is 0 Å². The van der Waals surface area contributed by atoms with Crippen LogP contribution in [0.3, 0.4) is 0 Å². The minimum Gasteiger partial charge on any atom is -0.458 e. The molecule has 0 amide bonds. The topological polar surface area (TPSA) is 49.9 Å².